The Balaban J connectivity index is 1.86. The molecule has 1 aliphatic rings. The average molecular weight is 432 g/mol. The van der Waals surface area contributed by atoms with Gasteiger partial charge in [-0.15, -0.1) is 0 Å². The van der Waals surface area contributed by atoms with Crippen molar-refractivity contribution >= 4 is 17.4 Å². The Labute approximate surface area is 186 Å². The summed E-state index contributed by atoms with van der Waals surface area (Å²) in [6.07, 6.45) is 3.15. The minimum Gasteiger partial charge on any atom is -0.503 e. The first kappa shape index (κ1) is 21.4. The van der Waals surface area contributed by atoms with Gasteiger partial charge in [-0.3, -0.25) is 14.5 Å². The van der Waals surface area contributed by atoms with Gasteiger partial charge in [0, 0.05) is 28.4 Å². The lowest BCUT2D eigenvalue weighted by atomic mass is 9.82. The number of Topliss-reactive ketones (excluding diaryl/α,β-unsaturated/α-hetero) is 1. The van der Waals surface area contributed by atoms with Gasteiger partial charge in [-0.05, 0) is 48.5 Å². The monoisotopic (exact) mass is 432 g/mol. The van der Waals surface area contributed by atoms with Crippen molar-refractivity contribution in [1.29, 1.82) is 0 Å². The minimum atomic E-state index is -0.882. The predicted octanol–water partition coefficient (Wildman–Crippen LogP) is 4.87. The molecule has 0 saturated heterocycles. The molecule has 164 valence electrons. The smallest absolute Gasteiger partial charge is 0.294 e. The molecule has 1 aromatic carbocycles. The number of ketones is 1. The Bertz CT molecular complexity index is 1190. The summed E-state index contributed by atoms with van der Waals surface area (Å²) >= 11 is 0. The van der Waals surface area contributed by atoms with Crippen LogP contribution in [0.3, 0.4) is 0 Å². The number of rotatable bonds is 5. The van der Waals surface area contributed by atoms with Crippen LogP contribution in [0, 0.1) is 5.41 Å². The van der Waals surface area contributed by atoms with E-state index in [1.165, 1.54) is 12.0 Å². The molecule has 1 aliphatic heterocycles. The third-order valence-electron chi connectivity index (χ3n) is 5.37. The van der Waals surface area contributed by atoms with Gasteiger partial charge in [0.25, 0.3) is 5.91 Å². The summed E-state index contributed by atoms with van der Waals surface area (Å²) in [6, 6.07) is 13.3. The van der Waals surface area contributed by atoms with Crippen molar-refractivity contribution in [3.8, 4) is 17.2 Å². The summed E-state index contributed by atoms with van der Waals surface area (Å²) in [7, 11) is 1.47. The summed E-state index contributed by atoms with van der Waals surface area (Å²) < 4.78 is 10.8. The quantitative estimate of drug-likeness (QED) is 0.619. The number of nitrogens with zero attached hydrogens (tertiary/aromatic N) is 2. The molecule has 32 heavy (non-hydrogen) atoms. The van der Waals surface area contributed by atoms with Crippen molar-refractivity contribution in [1.82, 2.24) is 4.98 Å². The Morgan fingerprint density at radius 3 is 2.44 bits per heavy atom. The highest BCUT2D eigenvalue weighted by atomic mass is 16.5. The maximum atomic E-state index is 13.3. The lowest BCUT2D eigenvalue weighted by Crippen LogP contribution is -2.33. The van der Waals surface area contributed by atoms with Crippen LogP contribution < -0.4 is 9.64 Å². The number of aromatic nitrogens is 1. The Hall–Kier alpha value is -3.87. The van der Waals surface area contributed by atoms with Gasteiger partial charge in [0.15, 0.2) is 11.5 Å². The number of furan rings is 1. The van der Waals surface area contributed by atoms with Crippen LogP contribution in [0.25, 0.3) is 11.3 Å². The maximum Gasteiger partial charge on any atom is 0.294 e. The molecule has 0 spiro atoms. The topological polar surface area (TPSA) is 92.9 Å². The van der Waals surface area contributed by atoms with Crippen molar-refractivity contribution in [2.24, 2.45) is 5.41 Å². The van der Waals surface area contributed by atoms with Crippen LogP contribution in [0.4, 0.5) is 5.69 Å². The SMILES string of the molecule is COc1ncccc1C1C(C(=O)C(C)(C)C)=C(O)C(=O)N1c1ccc(-c2ccco2)cc1. The lowest BCUT2D eigenvalue weighted by molar-refractivity contribution is -0.123. The fourth-order valence-electron chi connectivity index (χ4n) is 3.81. The fraction of sp³-hybridized carbons (Fsp3) is 0.240. The summed E-state index contributed by atoms with van der Waals surface area (Å²) in [6.45, 7) is 5.25. The van der Waals surface area contributed by atoms with E-state index in [2.05, 4.69) is 4.98 Å². The highest BCUT2D eigenvalue weighted by Crippen LogP contribution is 2.45. The number of pyridine rings is 1. The number of carbonyl (C=O) groups is 2. The third kappa shape index (κ3) is 3.56. The number of methoxy groups -OCH3 is 1. The number of anilines is 1. The van der Waals surface area contributed by atoms with Crippen LogP contribution in [0.2, 0.25) is 0 Å². The molecule has 0 radical (unpaired) electrons. The Kier molecular flexibility index (Phi) is 5.34. The molecule has 1 amide bonds. The van der Waals surface area contributed by atoms with Gasteiger partial charge < -0.3 is 14.3 Å². The molecule has 1 N–H and O–H groups in total. The van der Waals surface area contributed by atoms with Crippen molar-refractivity contribution in [2.75, 3.05) is 12.0 Å². The number of ether oxygens (including phenoxy) is 1. The molecule has 0 aliphatic carbocycles. The number of carbonyl (C=O) groups excluding carboxylic acids is 2. The van der Waals surface area contributed by atoms with Crippen LogP contribution in [-0.4, -0.2) is 28.9 Å². The minimum absolute atomic E-state index is 0.0314. The lowest BCUT2D eigenvalue weighted by Gasteiger charge is -2.29. The van der Waals surface area contributed by atoms with E-state index in [4.69, 9.17) is 9.15 Å². The van der Waals surface area contributed by atoms with Gasteiger partial charge in [-0.25, -0.2) is 4.98 Å². The largest absolute Gasteiger partial charge is 0.503 e. The molecule has 7 heteroatoms. The first-order valence-electron chi connectivity index (χ1n) is 10.2. The van der Waals surface area contributed by atoms with E-state index in [1.807, 2.05) is 18.2 Å². The van der Waals surface area contributed by atoms with Crippen molar-refractivity contribution in [3.63, 3.8) is 0 Å². The van der Waals surface area contributed by atoms with Crippen LogP contribution in [-0.2, 0) is 9.59 Å². The number of hydrogen-bond donors (Lipinski definition) is 1. The Morgan fingerprint density at radius 1 is 1.12 bits per heavy atom. The number of aliphatic hydroxyl groups excluding tert-OH is 1. The van der Waals surface area contributed by atoms with Gasteiger partial charge in [-0.2, -0.15) is 0 Å². The number of hydrogen-bond acceptors (Lipinski definition) is 6. The molecular formula is C25H24N2O5. The van der Waals surface area contributed by atoms with E-state index in [0.717, 1.165) is 5.56 Å². The van der Waals surface area contributed by atoms with Crippen molar-refractivity contribution in [2.45, 2.75) is 26.8 Å². The second-order valence-electron chi connectivity index (χ2n) is 8.55. The van der Waals surface area contributed by atoms with Crippen LogP contribution >= 0.6 is 0 Å². The second kappa shape index (κ2) is 8.00. The molecule has 3 heterocycles. The number of aliphatic hydroxyl groups is 1. The van der Waals surface area contributed by atoms with Crippen molar-refractivity contribution in [3.05, 3.63) is 77.9 Å². The molecule has 1 atom stereocenters. The first-order chi connectivity index (χ1) is 15.2. The van der Waals surface area contributed by atoms with Crippen LogP contribution in [0.15, 0.2) is 76.7 Å². The fourth-order valence-corrected chi connectivity index (χ4v) is 3.81. The van der Waals surface area contributed by atoms with Gasteiger partial charge in [-0.1, -0.05) is 20.8 Å². The first-order valence-corrected chi connectivity index (χ1v) is 10.2. The molecule has 4 rings (SSSR count). The van der Waals surface area contributed by atoms with Crippen LogP contribution in [0.5, 0.6) is 5.88 Å². The molecular weight excluding hydrogens is 408 g/mol. The average Bonchev–Trinajstić information content (AvgIpc) is 3.40. The highest BCUT2D eigenvalue weighted by Gasteiger charge is 2.47. The summed E-state index contributed by atoms with van der Waals surface area (Å²) in [5, 5.41) is 10.8. The van der Waals surface area contributed by atoms with E-state index in [-0.39, 0.29) is 17.2 Å². The number of amides is 1. The van der Waals surface area contributed by atoms with Crippen molar-refractivity contribution < 1.29 is 23.8 Å². The third-order valence-corrected chi connectivity index (χ3v) is 5.37. The van der Waals surface area contributed by atoms with E-state index in [1.54, 1.807) is 63.6 Å². The molecule has 0 bridgehead atoms. The molecule has 0 saturated carbocycles. The summed E-state index contributed by atoms with van der Waals surface area (Å²) in [5.41, 5.74) is 1.09. The van der Waals surface area contributed by atoms with E-state index in [9.17, 15) is 14.7 Å². The maximum absolute atomic E-state index is 13.3. The standard InChI is InChI=1S/C25H24N2O5/c1-25(2,3)22(29)19-20(17-7-5-13-26-23(17)31-4)27(24(30)21(19)28)16-11-9-15(10-12-16)18-8-6-14-32-18/h5-14,20,28H,1-4H3. The normalized spacial score (nSPS) is 16.6. The van der Waals surface area contributed by atoms with E-state index < -0.39 is 23.1 Å². The van der Waals surface area contributed by atoms with Gasteiger partial charge in [0.2, 0.25) is 5.88 Å². The molecule has 7 nitrogen and oxygen atoms in total. The van der Waals surface area contributed by atoms with Gasteiger partial charge in [0.1, 0.15) is 11.8 Å². The highest BCUT2D eigenvalue weighted by molar-refractivity contribution is 6.17. The molecule has 3 aromatic rings. The van der Waals surface area contributed by atoms with E-state index in [0.29, 0.717) is 17.0 Å². The van der Waals surface area contributed by atoms with Gasteiger partial charge in [0.05, 0.1) is 18.9 Å². The van der Waals surface area contributed by atoms with Crippen LogP contribution in [0.1, 0.15) is 32.4 Å². The zero-order chi connectivity index (χ0) is 23.0. The zero-order valence-corrected chi connectivity index (χ0v) is 18.3. The molecule has 2 aromatic heterocycles. The van der Waals surface area contributed by atoms with Gasteiger partial charge >= 0.3 is 0 Å². The zero-order valence-electron chi connectivity index (χ0n) is 18.3. The second-order valence-corrected chi connectivity index (χ2v) is 8.55. The number of benzene rings is 1. The summed E-state index contributed by atoms with van der Waals surface area (Å²) in [4.78, 5) is 32.2. The van der Waals surface area contributed by atoms with E-state index >= 15 is 0 Å². The Morgan fingerprint density at radius 2 is 1.84 bits per heavy atom. The molecule has 1 unspecified atom stereocenters. The summed E-state index contributed by atoms with van der Waals surface area (Å²) in [5.74, 6) is -0.570. The predicted molar refractivity (Wildman–Crippen MR) is 119 cm³/mol. The molecule has 0 fully saturated rings.